The molecule has 16 heavy (non-hydrogen) atoms. The fourth-order valence-corrected chi connectivity index (χ4v) is 1.89. The monoisotopic (exact) mass is 243 g/mol. The van der Waals surface area contributed by atoms with Crippen LogP contribution in [0.2, 0.25) is 0 Å². The standard InChI is InChI=1S/C10H17N3O2S/c1-3-15-6-9-12-8(11)4-10(13-9)16-7(2)5-14/h4,7,14H,3,5-6H2,1-2H3,(H2,11,12,13). The van der Waals surface area contributed by atoms with Gasteiger partial charge >= 0.3 is 0 Å². The lowest BCUT2D eigenvalue weighted by atomic mass is 10.5. The number of nitrogens with two attached hydrogens (primary N) is 1. The number of nitrogen functional groups attached to an aromatic ring is 1. The van der Waals surface area contributed by atoms with Crippen LogP contribution in [0.1, 0.15) is 19.7 Å². The summed E-state index contributed by atoms with van der Waals surface area (Å²) in [6, 6.07) is 1.70. The van der Waals surface area contributed by atoms with Gasteiger partial charge in [0.05, 0.1) is 6.61 Å². The van der Waals surface area contributed by atoms with E-state index in [4.69, 9.17) is 15.6 Å². The minimum atomic E-state index is 0.0919. The van der Waals surface area contributed by atoms with Crippen molar-refractivity contribution in [2.24, 2.45) is 0 Å². The van der Waals surface area contributed by atoms with Gasteiger partial charge in [-0.15, -0.1) is 11.8 Å². The summed E-state index contributed by atoms with van der Waals surface area (Å²) >= 11 is 1.47. The number of aliphatic hydroxyl groups is 1. The van der Waals surface area contributed by atoms with E-state index in [1.807, 2.05) is 13.8 Å². The molecule has 1 heterocycles. The molecule has 1 rings (SSSR count). The van der Waals surface area contributed by atoms with Crippen molar-refractivity contribution in [1.82, 2.24) is 9.97 Å². The van der Waals surface area contributed by atoms with Crippen molar-refractivity contribution in [3.05, 3.63) is 11.9 Å². The third-order valence-electron chi connectivity index (χ3n) is 1.78. The van der Waals surface area contributed by atoms with E-state index in [-0.39, 0.29) is 11.9 Å². The van der Waals surface area contributed by atoms with Gasteiger partial charge in [0.1, 0.15) is 17.5 Å². The highest BCUT2D eigenvalue weighted by Gasteiger charge is 2.07. The Hall–Kier alpha value is -0.850. The molecule has 5 nitrogen and oxygen atoms in total. The highest BCUT2D eigenvalue weighted by atomic mass is 32.2. The largest absolute Gasteiger partial charge is 0.395 e. The zero-order valence-electron chi connectivity index (χ0n) is 9.51. The van der Waals surface area contributed by atoms with Crippen LogP contribution in [0, 0.1) is 0 Å². The number of anilines is 1. The number of thioether (sulfide) groups is 1. The first-order chi connectivity index (χ1) is 7.65. The normalized spacial score (nSPS) is 12.7. The number of aromatic nitrogens is 2. The van der Waals surface area contributed by atoms with Gasteiger partial charge in [0, 0.05) is 17.9 Å². The average Bonchev–Trinajstić information content (AvgIpc) is 2.25. The van der Waals surface area contributed by atoms with E-state index in [0.717, 1.165) is 5.03 Å². The first-order valence-electron chi connectivity index (χ1n) is 5.14. The molecule has 1 atom stereocenters. The Morgan fingerprint density at radius 3 is 2.94 bits per heavy atom. The molecule has 90 valence electrons. The number of aliphatic hydroxyl groups excluding tert-OH is 1. The highest BCUT2D eigenvalue weighted by molar-refractivity contribution is 7.99. The van der Waals surface area contributed by atoms with Crippen molar-refractivity contribution in [3.63, 3.8) is 0 Å². The van der Waals surface area contributed by atoms with E-state index in [1.165, 1.54) is 11.8 Å². The van der Waals surface area contributed by atoms with Gasteiger partial charge in [-0.1, -0.05) is 6.92 Å². The molecule has 0 saturated carbocycles. The van der Waals surface area contributed by atoms with E-state index >= 15 is 0 Å². The highest BCUT2D eigenvalue weighted by Crippen LogP contribution is 2.22. The Morgan fingerprint density at radius 1 is 1.56 bits per heavy atom. The number of ether oxygens (including phenoxy) is 1. The van der Waals surface area contributed by atoms with Gasteiger partial charge in [0.25, 0.3) is 0 Å². The molecule has 3 N–H and O–H groups in total. The lowest BCUT2D eigenvalue weighted by Gasteiger charge is -2.08. The molecule has 0 spiro atoms. The molecule has 0 aliphatic heterocycles. The Balaban J connectivity index is 2.73. The molecule has 0 bridgehead atoms. The lowest BCUT2D eigenvalue weighted by Crippen LogP contribution is -2.06. The smallest absolute Gasteiger partial charge is 0.157 e. The predicted molar refractivity (Wildman–Crippen MR) is 64.2 cm³/mol. The van der Waals surface area contributed by atoms with Gasteiger partial charge < -0.3 is 15.6 Å². The molecular formula is C10H17N3O2S. The summed E-state index contributed by atoms with van der Waals surface area (Å²) in [5, 5.41) is 9.82. The summed E-state index contributed by atoms with van der Waals surface area (Å²) < 4.78 is 5.22. The van der Waals surface area contributed by atoms with Crippen LogP contribution in [0.25, 0.3) is 0 Å². The molecule has 0 amide bonds. The van der Waals surface area contributed by atoms with E-state index in [2.05, 4.69) is 9.97 Å². The van der Waals surface area contributed by atoms with Gasteiger partial charge in [0.2, 0.25) is 0 Å². The first-order valence-corrected chi connectivity index (χ1v) is 6.02. The minimum Gasteiger partial charge on any atom is -0.395 e. The summed E-state index contributed by atoms with van der Waals surface area (Å²) in [7, 11) is 0. The summed E-state index contributed by atoms with van der Waals surface area (Å²) in [4.78, 5) is 8.37. The molecule has 1 aromatic rings. The Morgan fingerprint density at radius 2 is 2.31 bits per heavy atom. The van der Waals surface area contributed by atoms with Crippen LogP contribution in [0.5, 0.6) is 0 Å². The zero-order valence-corrected chi connectivity index (χ0v) is 10.3. The van der Waals surface area contributed by atoms with Crippen molar-refractivity contribution in [2.75, 3.05) is 18.9 Å². The van der Waals surface area contributed by atoms with E-state index in [9.17, 15) is 0 Å². The van der Waals surface area contributed by atoms with E-state index in [1.54, 1.807) is 6.07 Å². The minimum absolute atomic E-state index is 0.0919. The SMILES string of the molecule is CCOCc1nc(N)cc(SC(C)CO)n1. The van der Waals surface area contributed by atoms with Gasteiger partial charge in [-0.05, 0) is 6.92 Å². The molecule has 0 fully saturated rings. The first kappa shape index (κ1) is 13.2. The molecule has 0 saturated heterocycles. The molecule has 0 aliphatic rings. The molecule has 1 aromatic heterocycles. The fraction of sp³-hybridized carbons (Fsp3) is 0.600. The van der Waals surface area contributed by atoms with Crippen LogP contribution in [0.3, 0.4) is 0 Å². The second-order valence-electron chi connectivity index (χ2n) is 3.30. The van der Waals surface area contributed by atoms with E-state index in [0.29, 0.717) is 24.9 Å². The quantitative estimate of drug-likeness (QED) is 0.574. The number of hydrogen-bond donors (Lipinski definition) is 2. The van der Waals surface area contributed by atoms with Crippen molar-refractivity contribution < 1.29 is 9.84 Å². The second kappa shape index (κ2) is 6.67. The predicted octanol–water partition coefficient (Wildman–Crippen LogP) is 1.07. The van der Waals surface area contributed by atoms with E-state index < -0.39 is 0 Å². The van der Waals surface area contributed by atoms with Crippen molar-refractivity contribution in [2.45, 2.75) is 30.7 Å². The topological polar surface area (TPSA) is 81.3 Å². The van der Waals surface area contributed by atoms with Crippen molar-refractivity contribution in [3.8, 4) is 0 Å². The Bertz CT molecular complexity index is 336. The number of nitrogens with zero attached hydrogens (tertiary/aromatic N) is 2. The summed E-state index contributed by atoms with van der Waals surface area (Å²) in [5.41, 5.74) is 5.67. The van der Waals surface area contributed by atoms with Crippen molar-refractivity contribution in [1.29, 1.82) is 0 Å². The maximum absolute atomic E-state index is 8.96. The number of hydrogen-bond acceptors (Lipinski definition) is 6. The van der Waals surface area contributed by atoms with Crippen LogP contribution in [0.4, 0.5) is 5.82 Å². The van der Waals surface area contributed by atoms with Crippen LogP contribution in [-0.4, -0.2) is 33.5 Å². The molecule has 0 radical (unpaired) electrons. The molecular weight excluding hydrogens is 226 g/mol. The van der Waals surface area contributed by atoms with Gasteiger partial charge in [-0.25, -0.2) is 9.97 Å². The van der Waals surface area contributed by atoms with Gasteiger partial charge in [-0.3, -0.25) is 0 Å². The third kappa shape index (κ3) is 4.34. The molecule has 6 heteroatoms. The Labute approximate surface area is 99.4 Å². The van der Waals surface area contributed by atoms with Crippen LogP contribution in [0.15, 0.2) is 11.1 Å². The average molecular weight is 243 g/mol. The fourth-order valence-electron chi connectivity index (χ4n) is 1.05. The number of rotatable bonds is 6. The summed E-state index contributed by atoms with van der Waals surface area (Å²) in [5.74, 6) is 1.01. The van der Waals surface area contributed by atoms with Crippen LogP contribution < -0.4 is 5.73 Å². The molecule has 1 unspecified atom stereocenters. The molecule has 0 aliphatic carbocycles. The lowest BCUT2D eigenvalue weighted by molar-refractivity contribution is 0.128. The third-order valence-corrected chi connectivity index (χ3v) is 2.79. The second-order valence-corrected chi connectivity index (χ2v) is 4.75. The van der Waals surface area contributed by atoms with Gasteiger partial charge in [-0.2, -0.15) is 0 Å². The zero-order chi connectivity index (χ0) is 12.0. The van der Waals surface area contributed by atoms with Crippen LogP contribution >= 0.6 is 11.8 Å². The van der Waals surface area contributed by atoms with Gasteiger partial charge in [0.15, 0.2) is 5.82 Å². The maximum Gasteiger partial charge on any atom is 0.157 e. The van der Waals surface area contributed by atoms with Crippen LogP contribution in [-0.2, 0) is 11.3 Å². The molecule has 0 aromatic carbocycles. The summed E-state index contributed by atoms with van der Waals surface area (Å²) in [6.45, 7) is 4.92. The summed E-state index contributed by atoms with van der Waals surface area (Å²) in [6.07, 6.45) is 0. The Kier molecular flexibility index (Phi) is 5.51. The van der Waals surface area contributed by atoms with Crippen molar-refractivity contribution >= 4 is 17.6 Å². The maximum atomic E-state index is 8.96.